The molecule has 0 aliphatic heterocycles. The van der Waals surface area contributed by atoms with Crippen LogP contribution in [-0.2, 0) is 24.4 Å². The average molecular weight is 242 g/mol. The van der Waals surface area contributed by atoms with Gasteiger partial charge in [0.15, 0.2) is 0 Å². The van der Waals surface area contributed by atoms with E-state index >= 15 is 0 Å². The van der Waals surface area contributed by atoms with Crippen molar-refractivity contribution in [1.82, 2.24) is 9.88 Å². The average Bonchev–Trinajstić information content (AvgIpc) is 2.45. The molecular formula is C12H22N2OS. The molecule has 0 aromatic carbocycles. The van der Waals surface area contributed by atoms with Crippen molar-refractivity contribution in [3.8, 4) is 0 Å². The molecule has 0 saturated heterocycles. The third kappa shape index (κ3) is 3.76. The molecule has 16 heavy (non-hydrogen) atoms. The van der Waals surface area contributed by atoms with Crippen LogP contribution >= 0.6 is 0 Å². The molecule has 0 saturated carbocycles. The number of hydrogen-bond donors (Lipinski definition) is 1. The Bertz CT molecular complexity index is 371. The minimum absolute atomic E-state index is 0.662. The largest absolute Gasteiger partial charge is 0.352 e. The summed E-state index contributed by atoms with van der Waals surface area (Å²) >= 11 is 0. The third-order valence-corrected chi connectivity index (χ3v) is 3.84. The van der Waals surface area contributed by atoms with Gasteiger partial charge in [-0.25, -0.2) is 0 Å². The van der Waals surface area contributed by atoms with Gasteiger partial charge in [-0.05, 0) is 38.4 Å². The van der Waals surface area contributed by atoms with Crippen LogP contribution in [-0.4, -0.2) is 27.3 Å². The van der Waals surface area contributed by atoms with Crippen LogP contribution in [0.4, 0.5) is 0 Å². The summed E-state index contributed by atoms with van der Waals surface area (Å²) in [7, 11) is 1.43. The fourth-order valence-corrected chi connectivity index (χ4v) is 2.29. The highest BCUT2D eigenvalue weighted by Crippen LogP contribution is 2.12. The highest BCUT2D eigenvalue weighted by molar-refractivity contribution is 7.84. The molecule has 1 heterocycles. The molecule has 0 bridgehead atoms. The zero-order valence-corrected chi connectivity index (χ0v) is 11.5. The van der Waals surface area contributed by atoms with Crippen LogP contribution in [0.2, 0.25) is 0 Å². The predicted molar refractivity (Wildman–Crippen MR) is 70.1 cm³/mol. The van der Waals surface area contributed by atoms with Gasteiger partial charge in [0.05, 0.1) is 0 Å². The van der Waals surface area contributed by atoms with Crippen molar-refractivity contribution in [3.05, 3.63) is 23.0 Å². The summed E-state index contributed by atoms with van der Waals surface area (Å²) in [6.45, 7) is 6.11. The van der Waals surface area contributed by atoms with Gasteiger partial charge in [0, 0.05) is 47.8 Å². The van der Waals surface area contributed by atoms with Crippen LogP contribution in [0.5, 0.6) is 0 Å². The van der Waals surface area contributed by atoms with Crippen molar-refractivity contribution in [2.24, 2.45) is 7.05 Å². The predicted octanol–water partition coefficient (Wildman–Crippen LogP) is 1.50. The summed E-state index contributed by atoms with van der Waals surface area (Å²) in [6, 6.07) is 2.22. The maximum absolute atomic E-state index is 10.9. The molecule has 1 unspecified atom stereocenters. The highest BCUT2D eigenvalue weighted by Gasteiger charge is 2.04. The van der Waals surface area contributed by atoms with Gasteiger partial charge in [0.2, 0.25) is 0 Å². The number of rotatable bonds is 6. The smallest absolute Gasteiger partial charge is 0.0244 e. The number of nitrogens with zero attached hydrogens (tertiary/aromatic N) is 1. The fourth-order valence-electron chi connectivity index (χ4n) is 1.74. The molecule has 1 N–H and O–H groups in total. The molecule has 1 aromatic rings. The highest BCUT2D eigenvalue weighted by atomic mass is 32.2. The van der Waals surface area contributed by atoms with E-state index in [2.05, 4.69) is 36.8 Å². The summed E-state index contributed by atoms with van der Waals surface area (Å²) in [5.74, 6) is 0.791. The first-order valence-corrected chi connectivity index (χ1v) is 7.37. The second-order valence-corrected chi connectivity index (χ2v) is 5.82. The first-order chi connectivity index (χ1) is 7.52. The lowest BCUT2D eigenvalue weighted by Crippen LogP contribution is -2.17. The van der Waals surface area contributed by atoms with E-state index in [1.54, 1.807) is 6.26 Å². The van der Waals surface area contributed by atoms with Crippen LogP contribution in [0.3, 0.4) is 0 Å². The Balaban J connectivity index is 2.32. The van der Waals surface area contributed by atoms with Crippen LogP contribution in [0.15, 0.2) is 6.07 Å². The van der Waals surface area contributed by atoms with Gasteiger partial charge in [0.1, 0.15) is 0 Å². The molecule has 0 spiro atoms. The minimum atomic E-state index is -0.662. The Kier molecular flexibility index (Phi) is 5.22. The van der Waals surface area contributed by atoms with Crippen molar-refractivity contribution >= 4 is 10.8 Å². The normalized spacial score (nSPS) is 13.0. The molecule has 3 nitrogen and oxygen atoms in total. The van der Waals surface area contributed by atoms with E-state index in [1.165, 1.54) is 17.0 Å². The second kappa shape index (κ2) is 6.21. The zero-order chi connectivity index (χ0) is 12.1. The number of hydrogen-bond acceptors (Lipinski definition) is 2. The van der Waals surface area contributed by atoms with Crippen molar-refractivity contribution in [2.45, 2.75) is 26.8 Å². The van der Waals surface area contributed by atoms with E-state index in [1.807, 2.05) is 0 Å². The Labute approximate surface area is 101 Å². The molecule has 0 aliphatic carbocycles. The molecule has 1 aromatic heterocycles. The molecule has 0 aliphatic rings. The van der Waals surface area contributed by atoms with E-state index in [4.69, 9.17) is 0 Å². The Morgan fingerprint density at radius 3 is 2.62 bits per heavy atom. The summed E-state index contributed by atoms with van der Waals surface area (Å²) < 4.78 is 13.1. The second-order valence-electron chi connectivity index (χ2n) is 4.26. The summed E-state index contributed by atoms with van der Waals surface area (Å²) in [5, 5.41) is 3.39. The maximum Gasteiger partial charge on any atom is 0.0244 e. The monoisotopic (exact) mass is 242 g/mol. The van der Waals surface area contributed by atoms with E-state index < -0.39 is 10.8 Å². The quantitative estimate of drug-likeness (QED) is 0.767. The minimum Gasteiger partial charge on any atom is -0.352 e. The summed E-state index contributed by atoms with van der Waals surface area (Å²) in [6.07, 6.45) is 2.73. The Morgan fingerprint density at radius 2 is 2.12 bits per heavy atom. The van der Waals surface area contributed by atoms with E-state index in [-0.39, 0.29) is 0 Å². The lowest BCUT2D eigenvalue weighted by molar-refractivity contribution is 0.659. The Morgan fingerprint density at radius 1 is 1.44 bits per heavy atom. The first kappa shape index (κ1) is 13.5. The van der Waals surface area contributed by atoms with Crippen molar-refractivity contribution in [3.63, 3.8) is 0 Å². The van der Waals surface area contributed by atoms with Crippen molar-refractivity contribution in [1.29, 1.82) is 0 Å². The van der Waals surface area contributed by atoms with Crippen molar-refractivity contribution < 1.29 is 4.21 Å². The van der Waals surface area contributed by atoms with Gasteiger partial charge < -0.3 is 9.88 Å². The topological polar surface area (TPSA) is 34.0 Å². The molecule has 0 amide bonds. The standard InChI is InChI=1S/C12H22N2OS/c1-10-8-12(11(2)14(10)3)9-13-6-5-7-16(4)15/h8,13H,5-7,9H2,1-4H3. The van der Waals surface area contributed by atoms with E-state index in [0.29, 0.717) is 0 Å². The van der Waals surface area contributed by atoms with Gasteiger partial charge >= 0.3 is 0 Å². The molecule has 1 atom stereocenters. The van der Waals surface area contributed by atoms with Crippen molar-refractivity contribution in [2.75, 3.05) is 18.6 Å². The number of aromatic nitrogens is 1. The van der Waals surface area contributed by atoms with Crippen LogP contribution in [0, 0.1) is 13.8 Å². The van der Waals surface area contributed by atoms with Gasteiger partial charge in [-0.1, -0.05) is 0 Å². The Hall–Kier alpha value is -0.610. The fraction of sp³-hybridized carbons (Fsp3) is 0.667. The SMILES string of the molecule is Cc1cc(CNCCCS(C)=O)c(C)n1C. The van der Waals surface area contributed by atoms with Gasteiger partial charge in [-0.3, -0.25) is 4.21 Å². The van der Waals surface area contributed by atoms with Crippen LogP contribution in [0.25, 0.3) is 0 Å². The maximum atomic E-state index is 10.9. The van der Waals surface area contributed by atoms with E-state index in [9.17, 15) is 4.21 Å². The molecule has 0 fully saturated rings. The third-order valence-electron chi connectivity index (χ3n) is 2.98. The van der Waals surface area contributed by atoms with Gasteiger partial charge in [-0.2, -0.15) is 0 Å². The molecule has 4 heteroatoms. The number of nitrogens with one attached hydrogen (secondary N) is 1. The van der Waals surface area contributed by atoms with Crippen LogP contribution < -0.4 is 5.32 Å². The molecule has 0 radical (unpaired) electrons. The lowest BCUT2D eigenvalue weighted by Gasteiger charge is -2.04. The molecule has 1 rings (SSSR count). The number of aryl methyl sites for hydroxylation is 1. The molecular weight excluding hydrogens is 220 g/mol. The van der Waals surface area contributed by atoms with Crippen LogP contribution in [0.1, 0.15) is 23.4 Å². The summed E-state index contributed by atoms with van der Waals surface area (Å²) in [4.78, 5) is 0. The van der Waals surface area contributed by atoms with Gasteiger partial charge in [-0.15, -0.1) is 0 Å². The lowest BCUT2D eigenvalue weighted by atomic mass is 10.2. The zero-order valence-electron chi connectivity index (χ0n) is 10.7. The molecule has 92 valence electrons. The summed E-state index contributed by atoms with van der Waals surface area (Å²) in [5.41, 5.74) is 3.98. The van der Waals surface area contributed by atoms with Gasteiger partial charge in [0.25, 0.3) is 0 Å². The first-order valence-electron chi connectivity index (χ1n) is 5.65. The van der Waals surface area contributed by atoms with E-state index in [0.717, 1.165) is 25.3 Å².